The first kappa shape index (κ1) is 17.0. The zero-order valence-corrected chi connectivity index (χ0v) is 13.6. The van der Waals surface area contributed by atoms with Gasteiger partial charge in [-0.2, -0.15) is 0 Å². The third-order valence-corrected chi connectivity index (χ3v) is 3.76. The molecule has 2 unspecified atom stereocenters. The molecule has 0 aliphatic heterocycles. The van der Waals surface area contributed by atoms with Crippen molar-refractivity contribution in [1.82, 2.24) is 10.2 Å². The number of likely N-dealkylation sites (N-methyl/N-ethyl adjacent to an activating group) is 2. The Hall–Kier alpha value is -1.06. The molecule has 114 valence electrons. The number of ether oxygens (including phenoxy) is 1. The van der Waals surface area contributed by atoms with Gasteiger partial charge in [-0.3, -0.25) is 0 Å². The van der Waals surface area contributed by atoms with Crippen LogP contribution in [0, 0.1) is 5.92 Å². The third-order valence-electron chi connectivity index (χ3n) is 3.76. The predicted molar refractivity (Wildman–Crippen MR) is 86.4 cm³/mol. The molecule has 3 nitrogen and oxygen atoms in total. The summed E-state index contributed by atoms with van der Waals surface area (Å²) in [5.74, 6) is 1.73. The summed E-state index contributed by atoms with van der Waals surface area (Å²) in [6.07, 6.45) is 1.23. The molecule has 2 atom stereocenters. The van der Waals surface area contributed by atoms with Crippen molar-refractivity contribution in [2.45, 2.75) is 33.2 Å². The minimum absolute atomic E-state index is 0.298. The average Bonchev–Trinajstić information content (AvgIpc) is 2.45. The Balaban J connectivity index is 2.75. The Morgan fingerprint density at radius 2 is 1.90 bits per heavy atom. The van der Waals surface area contributed by atoms with Gasteiger partial charge in [-0.15, -0.1) is 0 Å². The van der Waals surface area contributed by atoms with Crippen molar-refractivity contribution in [1.29, 1.82) is 0 Å². The van der Waals surface area contributed by atoms with Crippen LogP contribution in [0.5, 0.6) is 5.75 Å². The number of rotatable bonds is 9. The molecule has 0 saturated carbocycles. The number of hydrogen-bond donors (Lipinski definition) is 1. The van der Waals surface area contributed by atoms with E-state index in [2.05, 4.69) is 49.3 Å². The molecular formula is C17H30N2O. The van der Waals surface area contributed by atoms with Gasteiger partial charge in [0, 0.05) is 24.7 Å². The lowest BCUT2D eigenvalue weighted by atomic mass is 10.0. The quantitative estimate of drug-likeness (QED) is 0.750. The first-order valence-corrected chi connectivity index (χ1v) is 7.69. The molecule has 3 heteroatoms. The van der Waals surface area contributed by atoms with E-state index in [9.17, 15) is 0 Å². The lowest BCUT2D eigenvalue weighted by Gasteiger charge is -2.27. The Morgan fingerprint density at radius 1 is 1.20 bits per heavy atom. The molecule has 0 aliphatic rings. The van der Waals surface area contributed by atoms with Gasteiger partial charge in [-0.1, -0.05) is 38.5 Å². The number of hydrogen-bond acceptors (Lipinski definition) is 3. The summed E-state index contributed by atoms with van der Waals surface area (Å²) in [4.78, 5) is 2.40. The van der Waals surface area contributed by atoms with Gasteiger partial charge in [-0.25, -0.2) is 0 Å². The van der Waals surface area contributed by atoms with Crippen LogP contribution in [0.25, 0.3) is 0 Å². The number of nitrogens with zero attached hydrogens (tertiary/aromatic N) is 1. The second-order valence-corrected chi connectivity index (χ2v) is 5.55. The van der Waals surface area contributed by atoms with Crippen molar-refractivity contribution in [3.05, 3.63) is 29.8 Å². The lowest BCUT2D eigenvalue weighted by Crippen LogP contribution is -2.34. The monoisotopic (exact) mass is 278 g/mol. The summed E-state index contributed by atoms with van der Waals surface area (Å²) in [6.45, 7) is 9.41. The molecule has 20 heavy (non-hydrogen) atoms. The van der Waals surface area contributed by atoms with Crippen molar-refractivity contribution < 1.29 is 4.74 Å². The summed E-state index contributed by atoms with van der Waals surface area (Å²) in [6, 6.07) is 8.62. The van der Waals surface area contributed by atoms with Crippen LogP contribution in [0.1, 0.15) is 38.8 Å². The maximum Gasteiger partial charge on any atom is 0.124 e. The molecule has 1 aromatic carbocycles. The Morgan fingerprint density at radius 3 is 2.50 bits per heavy atom. The molecule has 0 aromatic heterocycles. The summed E-state index contributed by atoms with van der Waals surface area (Å²) >= 11 is 0. The molecule has 0 radical (unpaired) electrons. The smallest absolute Gasteiger partial charge is 0.124 e. The van der Waals surface area contributed by atoms with E-state index in [-0.39, 0.29) is 0 Å². The molecule has 1 N–H and O–H groups in total. The van der Waals surface area contributed by atoms with Crippen molar-refractivity contribution in [2.75, 3.05) is 33.8 Å². The molecule has 0 spiro atoms. The molecule has 0 bridgehead atoms. The molecule has 0 fully saturated rings. The average molecular weight is 278 g/mol. The van der Waals surface area contributed by atoms with Gasteiger partial charge in [-0.05, 0) is 33.0 Å². The predicted octanol–water partition coefficient (Wildman–Crippen LogP) is 3.32. The molecule has 0 amide bonds. The van der Waals surface area contributed by atoms with Crippen molar-refractivity contribution >= 4 is 0 Å². The van der Waals surface area contributed by atoms with Crippen molar-refractivity contribution in [3.8, 4) is 5.75 Å². The summed E-state index contributed by atoms with van der Waals surface area (Å²) < 4.78 is 5.75. The van der Waals surface area contributed by atoms with Crippen LogP contribution in [-0.2, 0) is 0 Å². The van der Waals surface area contributed by atoms with Crippen LogP contribution in [0.3, 0.4) is 0 Å². The zero-order valence-electron chi connectivity index (χ0n) is 13.6. The molecule has 1 rings (SSSR count). The van der Waals surface area contributed by atoms with Crippen LogP contribution in [0.2, 0.25) is 0 Å². The van der Waals surface area contributed by atoms with Gasteiger partial charge in [0.2, 0.25) is 0 Å². The van der Waals surface area contributed by atoms with Crippen LogP contribution < -0.4 is 10.1 Å². The first-order chi connectivity index (χ1) is 9.62. The fourth-order valence-electron chi connectivity index (χ4n) is 2.45. The summed E-state index contributed by atoms with van der Waals surface area (Å²) in [5.41, 5.74) is 1.24. The van der Waals surface area contributed by atoms with Gasteiger partial charge in [0.25, 0.3) is 0 Å². The highest BCUT2D eigenvalue weighted by atomic mass is 16.5. The Kier molecular flexibility index (Phi) is 7.63. The molecule has 0 heterocycles. The van der Waals surface area contributed by atoms with Crippen molar-refractivity contribution in [2.24, 2.45) is 5.92 Å². The van der Waals surface area contributed by atoms with Crippen LogP contribution in [0.15, 0.2) is 24.3 Å². The number of para-hydroxylation sites is 1. The van der Waals surface area contributed by atoms with Crippen LogP contribution >= 0.6 is 0 Å². The highest BCUT2D eigenvalue weighted by Gasteiger charge is 2.17. The minimum atomic E-state index is 0.298. The van der Waals surface area contributed by atoms with E-state index in [1.807, 2.05) is 20.0 Å². The van der Waals surface area contributed by atoms with Crippen molar-refractivity contribution in [3.63, 3.8) is 0 Å². The van der Waals surface area contributed by atoms with Gasteiger partial charge in [0.15, 0.2) is 0 Å². The Bertz CT molecular complexity index is 381. The van der Waals surface area contributed by atoms with Gasteiger partial charge in [0.1, 0.15) is 5.75 Å². The second-order valence-electron chi connectivity index (χ2n) is 5.55. The largest absolute Gasteiger partial charge is 0.494 e. The highest BCUT2D eigenvalue weighted by molar-refractivity contribution is 5.36. The minimum Gasteiger partial charge on any atom is -0.494 e. The van der Waals surface area contributed by atoms with Crippen LogP contribution in [-0.4, -0.2) is 38.7 Å². The SMILES string of the molecule is CCOc1ccccc1C(CN(C)CC(C)CC)NC. The first-order valence-electron chi connectivity index (χ1n) is 7.69. The maximum atomic E-state index is 5.75. The summed E-state index contributed by atoms with van der Waals surface area (Å²) in [5, 5.41) is 3.42. The molecular weight excluding hydrogens is 248 g/mol. The van der Waals surface area contributed by atoms with E-state index in [4.69, 9.17) is 4.74 Å². The van der Waals surface area contributed by atoms with Gasteiger partial charge in [0.05, 0.1) is 6.61 Å². The van der Waals surface area contributed by atoms with E-state index in [1.54, 1.807) is 0 Å². The topological polar surface area (TPSA) is 24.5 Å². The zero-order chi connectivity index (χ0) is 15.0. The molecule has 1 aromatic rings. The van der Waals surface area contributed by atoms with E-state index in [0.717, 1.165) is 24.8 Å². The van der Waals surface area contributed by atoms with Crippen LogP contribution in [0.4, 0.5) is 0 Å². The fraction of sp³-hybridized carbons (Fsp3) is 0.647. The summed E-state index contributed by atoms with van der Waals surface area (Å²) in [7, 11) is 4.21. The standard InChI is InChI=1S/C17H30N2O/c1-6-14(3)12-19(5)13-16(18-4)15-10-8-9-11-17(15)20-7-2/h8-11,14,16,18H,6-7,12-13H2,1-5H3. The highest BCUT2D eigenvalue weighted by Crippen LogP contribution is 2.25. The van der Waals surface area contributed by atoms with Gasteiger partial charge < -0.3 is 15.0 Å². The lowest BCUT2D eigenvalue weighted by molar-refractivity contribution is 0.252. The fourth-order valence-corrected chi connectivity index (χ4v) is 2.45. The third kappa shape index (κ3) is 5.14. The second kappa shape index (κ2) is 8.98. The number of benzene rings is 1. The van der Waals surface area contributed by atoms with E-state index >= 15 is 0 Å². The Labute approximate surface area is 124 Å². The maximum absolute atomic E-state index is 5.75. The van der Waals surface area contributed by atoms with E-state index in [0.29, 0.717) is 12.6 Å². The molecule has 0 saturated heterocycles. The van der Waals surface area contributed by atoms with Gasteiger partial charge >= 0.3 is 0 Å². The van der Waals surface area contributed by atoms with E-state index in [1.165, 1.54) is 12.0 Å². The number of nitrogens with one attached hydrogen (secondary N) is 1. The normalized spacial score (nSPS) is 14.3. The molecule has 0 aliphatic carbocycles. The van der Waals surface area contributed by atoms with E-state index < -0.39 is 0 Å².